The molecule has 4 rings (SSSR count). The highest BCUT2D eigenvalue weighted by Crippen LogP contribution is 2.44. The van der Waals surface area contributed by atoms with E-state index in [2.05, 4.69) is 29.3 Å². The van der Waals surface area contributed by atoms with Crippen LogP contribution in [0.1, 0.15) is 29.0 Å². The van der Waals surface area contributed by atoms with Gasteiger partial charge in [-0.15, -0.1) is 0 Å². The predicted molar refractivity (Wildman–Crippen MR) is 119 cm³/mol. The monoisotopic (exact) mass is 446 g/mol. The first kappa shape index (κ1) is 21.8. The van der Waals surface area contributed by atoms with Gasteiger partial charge in [0.2, 0.25) is 5.75 Å². The maximum absolute atomic E-state index is 13.5. The van der Waals surface area contributed by atoms with Gasteiger partial charge in [-0.05, 0) is 28.3 Å². The van der Waals surface area contributed by atoms with E-state index in [0.29, 0.717) is 6.07 Å². The van der Waals surface area contributed by atoms with Crippen molar-refractivity contribution in [2.45, 2.75) is 12.3 Å². The first-order valence-electron chi connectivity index (χ1n) is 10.2. The number of rotatable bonds is 5. The predicted octanol–water partition coefficient (Wildman–Crippen LogP) is 4.72. The number of nitro benzene ring substituents is 1. The number of aromatic hydroxyl groups is 1. The van der Waals surface area contributed by atoms with E-state index >= 15 is 0 Å². The zero-order valence-electron chi connectivity index (χ0n) is 17.4. The number of nitrogens with one attached hydrogen (secondary N) is 1. The van der Waals surface area contributed by atoms with Gasteiger partial charge in [-0.2, -0.15) is 0 Å². The van der Waals surface area contributed by atoms with Crippen LogP contribution in [0.2, 0.25) is 0 Å². The standard InChI is InChI=1S/C25H19FN2O5/c26-17-13-16(24(29)23(14-17)28(31)32)7-5-6-12-27-25(30)33-15-22-20-10-3-1-8-18(20)19-9-2-4-11-21(19)22/h1-4,8-11,13-14,22,29H,6,12,15H2,(H,27,30). The highest BCUT2D eigenvalue weighted by atomic mass is 19.1. The summed E-state index contributed by atoms with van der Waals surface area (Å²) in [6.07, 6.45) is -0.420. The molecule has 0 atom stereocenters. The summed E-state index contributed by atoms with van der Waals surface area (Å²) in [5.74, 6) is 3.51. The molecule has 0 radical (unpaired) electrons. The molecule has 0 bridgehead atoms. The number of ether oxygens (including phenoxy) is 1. The van der Waals surface area contributed by atoms with Crippen LogP contribution < -0.4 is 5.32 Å². The molecule has 1 aliphatic carbocycles. The Morgan fingerprint density at radius 1 is 1.12 bits per heavy atom. The average molecular weight is 446 g/mol. The first-order valence-corrected chi connectivity index (χ1v) is 10.2. The fourth-order valence-electron chi connectivity index (χ4n) is 3.85. The number of alkyl carbamates (subject to hydrolysis) is 1. The minimum Gasteiger partial charge on any atom is -0.501 e. The van der Waals surface area contributed by atoms with E-state index in [1.807, 2.05) is 36.4 Å². The minimum absolute atomic E-state index is 0.0466. The van der Waals surface area contributed by atoms with Crippen molar-refractivity contribution in [2.75, 3.05) is 13.2 Å². The molecule has 1 amide bonds. The van der Waals surface area contributed by atoms with Gasteiger partial charge in [-0.25, -0.2) is 9.18 Å². The molecule has 33 heavy (non-hydrogen) atoms. The van der Waals surface area contributed by atoms with Crippen LogP contribution in [-0.4, -0.2) is 29.3 Å². The van der Waals surface area contributed by atoms with Crippen LogP contribution in [0.4, 0.5) is 14.9 Å². The smallest absolute Gasteiger partial charge is 0.407 e. The second-order valence-corrected chi connectivity index (χ2v) is 7.38. The summed E-state index contributed by atoms with van der Waals surface area (Å²) >= 11 is 0. The number of carbonyl (C=O) groups excluding carboxylic acids is 1. The molecule has 7 nitrogen and oxygen atoms in total. The van der Waals surface area contributed by atoms with Gasteiger partial charge >= 0.3 is 11.8 Å². The Morgan fingerprint density at radius 2 is 1.76 bits per heavy atom. The molecule has 0 unspecified atom stereocenters. The Labute approximate surface area is 189 Å². The second-order valence-electron chi connectivity index (χ2n) is 7.38. The Morgan fingerprint density at radius 3 is 2.39 bits per heavy atom. The Balaban J connectivity index is 1.31. The molecule has 2 N–H and O–H groups in total. The normalized spacial score (nSPS) is 11.7. The summed E-state index contributed by atoms with van der Waals surface area (Å²) in [6.45, 7) is 0.341. The van der Waals surface area contributed by atoms with E-state index in [1.54, 1.807) is 0 Å². The van der Waals surface area contributed by atoms with Crippen molar-refractivity contribution in [3.8, 4) is 28.7 Å². The molecule has 0 spiro atoms. The van der Waals surface area contributed by atoms with E-state index in [-0.39, 0.29) is 31.1 Å². The van der Waals surface area contributed by atoms with Gasteiger partial charge in [-0.1, -0.05) is 60.4 Å². The van der Waals surface area contributed by atoms with Crippen molar-refractivity contribution < 1.29 is 24.0 Å². The third-order valence-corrected chi connectivity index (χ3v) is 5.34. The Bertz CT molecular complexity index is 1250. The van der Waals surface area contributed by atoms with E-state index in [4.69, 9.17) is 4.74 Å². The second kappa shape index (κ2) is 9.40. The molecule has 3 aromatic carbocycles. The Kier molecular flexibility index (Phi) is 6.22. The highest BCUT2D eigenvalue weighted by Gasteiger charge is 2.28. The van der Waals surface area contributed by atoms with Gasteiger partial charge in [0.1, 0.15) is 12.4 Å². The number of phenolic OH excluding ortho intramolecular Hbond substituents is 1. The van der Waals surface area contributed by atoms with Crippen molar-refractivity contribution in [3.05, 3.63) is 93.3 Å². The van der Waals surface area contributed by atoms with E-state index < -0.39 is 28.3 Å². The van der Waals surface area contributed by atoms with Gasteiger partial charge in [-0.3, -0.25) is 10.1 Å². The summed E-state index contributed by atoms with van der Waals surface area (Å²) < 4.78 is 18.9. The number of halogens is 1. The summed E-state index contributed by atoms with van der Waals surface area (Å²) in [4.78, 5) is 22.1. The topological polar surface area (TPSA) is 102 Å². The average Bonchev–Trinajstić information content (AvgIpc) is 3.13. The molecule has 166 valence electrons. The number of amides is 1. The molecular weight excluding hydrogens is 427 g/mol. The number of fused-ring (bicyclic) bond motifs is 3. The molecular formula is C25H19FN2O5. The minimum atomic E-state index is -0.887. The fraction of sp³-hybridized carbons (Fsp3) is 0.160. The molecule has 3 aromatic rings. The quantitative estimate of drug-likeness (QED) is 0.256. The van der Waals surface area contributed by atoms with Crippen LogP contribution in [0.15, 0.2) is 60.7 Å². The van der Waals surface area contributed by atoms with Gasteiger partial charge in [0, 0.05) is 18.9 Å². The molecule has 0 saturated heterocycles. The summed E-state index contributed by atoms with van der Waals surface area (Å²) in [5, 5.41) is 23.3. The summed E-state index contributed by atoms with van der Waals surface area (Å²) in [7, 11) is 0. The van der Waals surface area contributed by atoms with Gasteiger partial charge in [0.05, 0.1) is 16.6 Å². The number of hydrogen-bond acceptors (Lipinski definition) is 5. The fourth-order valence-corrected chi connectivity index (χ4v) is 3.85. The van der Waals surface area contributed by atoms with Crippen molar-refractivity contribution in [2.24, 2.45) is 0 Å². The zero-order chi connectivity index (χ0) is 23.4. The number of hydrogen-bond donors (Lipinski definition) is 2. The molecule has 0 aliphatic heterocycles. The number of nitro groups is 1. The van der Waals surface area contributed by atoms with Gasteiger partial charge < -0.3 is 15.2 Å². The maximum Gasteiger partial charge on any atom is 0.407 e. The van der Waals surface area contributed by atoms with Gasteiger partial charge in [0.25, 0.3) is 0 Å². The summed E-state index contributed by atoms with van der Waals surface area (Å²) in [5.41, 5.74) is 3.55. The number of benzene rings is 3. The molecule has 8 heteroatoms. The molecule has 0 aromatic heterocycles. The van der Waals surface area contributed by atoms with Crippen molar-refractivity contribution >= 4 is 11.8 Å². The number of nitrogens with zero attached hydrogens (tertiary/aromatic N) is 1. The molecule has 1 aliphatic rings. The zero-order valence-corrected chi connectivity index (χ0v) is 17.4. The van der Waals surface area contributed by atoms with Crippen LogP contribution in [0.5, 0.6) is 5.75 Å². The van der Waals surface area contributed by atoms with Crippen LogP contribution >= 0.6 is 0 Å². The van der Waals surface area contributed by atoms with Crippen LogP contribution in [0.25, 0.3) is 11.1 Å². The third kappa shape index (κ3) is 4.62. The van der Waals surface area contributed by atoms with Gasteiger partial charge in [0.15, 0.2) is 0 Å². The van der Waals surface area contributed by atoms with Crippen molar-refractivity contribution in [1.82, 2.24) is 5.32 Å². The summed E-state index contributed by atoms with van der Waals surface area (Å²) in [6, 6.07) is 17.6. The lowest BCUT2D eigenvalue weighted by atomic mass is 9.98. The van der Waals surface area contributed by atoms with Crippen LogP contribution in [0.3, 0.4) is 0 Å². The lowest BCUT2D eigenvalue weighted by molar-refractivity contribution is -0.386. The number of carbonyl (C=O) groups is 1. The molecule has 0 fully saturated rings. The highest BCUT2D eigenvalue weighted by molar-refractivity contribution is 5.79. The van der Waals surface area contributed by atoms with E-state index in [1.165, 1.54) is 0 Å². The van der Waals surface area contributed by atoms with E-state index in [0.717, 1.165) is 28.3 Å². The molecule has 0 heterocycles. The largest absolute Gasteiger partial charge is 0.501 e. The first-order chi connectivity index (χ1) is 16.0. The van der Waals surface area contributed by atoms with Crippen LogP contribution in [0, 0.1) is 27.8 Å². The SMILES string of the molecule is O=C(NCCC#Cc1cc(F)cc([N+](=O)[O-])c1O)OCC1c2ccccc2-c2ccccc21. The lowest BCUT2D eigenvalue weighted by Crippen LogP contribution is -2.26. The van der Waals surface area contributed by atoms with Crippen molar-refractivity contribution in [1.29, 1.82) is 0 Å². The van der Waals surface area contributed by atoms with Crippen molar-refractivity contribution in [3.63, 3.8) is 0 Å². The lowest BCUT2D eigenvalue weighted by Gasteiger charge is -2.14. The maximum atomic E-state index is 13.5. The van der Waals surface area contributed by atoms with E-state index in [9.17, 15) is 24.4 Å². The Hall–Kier alpha value is -4.38. The molecule has 0 saturated carbocycles. The third-order valence-electron chi connectivity index (χ3n) is 5.34. The number of phenols is 1. The van der Waals surface area contributed by atoms with Crippen LogP contribution in [-0.2, 0) is 4.74 Å².